The van der Waals surface area contributed by atoms with Crippen LogP contribution in [0.5, 0.6) is 0 Å². The molecular formula is C6H5BrCl2N2O2S. The van der Waals surface area contributed by atoms with E-state index in [2.05, 4.69) is 15.9 Å². The number of halogens is 3. The first-order valence-corrected chi connectivity index (χ1v) is 6.35. The minimum absolute atomic E-state index is 0.0927. The van der Waals surface area contributed by atoms with Gasteiger partial charge in [-0.1, -0.05) is 23.2 Å². The maximum Gasteiger partial charge on any atom is 0.296 e. The Bertz CT molecular complexity index is 463. The number of anilines is 1. The predicted molar refractivity (Wildman–Crippen MR) is 60.9 cm³/mol. The molecule has 0 bridgehead atoms. The third-order valence-electron chi connectivity index (χ3n) is 1.29. The summed E-state index contributed by atoms with van der Waals surface area (Å²) < 4.78 is 24.0. The number of nitrogens with one attached hydrogen (secondary N) is 1. The van der Waals surface area contributed by atoms with Gasteiger partial charge in [0.2, 0.25) is 0 Å². The van der Waals surface area contributed by atoms with E-state index in [4.69, 9.17) is 28.3 Å². The number of hydrogen-bond donors (Lipinski definition) is 2. The second-order valence-corrected chi connectivity index (χ2v) is 5.27. The lowest BCUT2D eigenvalue weighted by Crippen LogP contribution is -2.21. The number of nitrogens with two attached hydrogens (primary N) is 1. The normalized spacial score (nSPS) is 11.4. The van der Waals surface area contributed by atoms with E-state index in [1.165, 1.54) is 6.07 Å². The van der Waals surface area contributed by atoms with E-state index in [1.54, 1.807) is 6.07 Å². The van der Waals surface area contributed by atoms with Gasteiger partial charge in [0.05, 0.1) is 15.7 Å². The molecule has 14 heavy (non-hydrogen) atoms. The van der Waals surface area contributed by atoms with Gasteiger partial charge < -0.3 is 0 Å². The predicted octanol–water partition coefficient (Wildman–Crippen LogP) is 2.37. The molecule has 0 atom stereocenters. The van der Waals surface area contributed by atoms with Crippen LogP contribution in [0, 0.1) is 0 Å². The summed E-state index contributed by atoms with van der Waals surface area (Å²) >= 11 is 14.7. The van der Waals surface area contributed by atoms with Crippen molar-refractivity contribution >= 4 is 55.0 Å². The topological polar surface area (TPSA) is 72.2 Å². The molecule has 0 aromatic heterocycles. The highest BCUT2D eigenvalue weighted by Gasteiger charge is 2.11. The molecule has 0 spiro atoms. The van der Waals surface area contributed by atoms with Crippen LogP contribution < -0.4 is 9.86 Å². The fraction of sp³-hybridized carbons (Fsp3) is 0. The zero-order chi connectivity index (χ0) is 10.9. The standard InChI is InChI=1S/C6H5BrCl2N2O2S/c7-3-1-2-4(6(9)5(3)8)11-14(10,12)13/h1-2,11H,(H2,10,12,13). The van der Waals surface area contributed by atoms with Crippen molar-refractivity contribution in [3.63, 3.8) is 0 Å². The van der Waals surface area contributed by atoms with Gasteiger partial charge in [-0.05, 0) is 28.1 Å². The van der Waals surface area contributed by atoms with Crippen LogP contribution in [0.15, 0.2) is 16.6 Å². The van der Waals surface area contributed by atoms with Crippen LogP contribution in [-0.4, -0.2) is 8.42 Å². The molecule has 78 valence electrons. The van der Waals surface area contributed by atoms with Crippen molar-refractivity contribution in [2.24, 2.45) is 5.14 Å². The second-order valence-electron chi connectivity index (χ2n) is 2.37. The molecule has 1 aromatic carbocycles. The average molecular weight is 320 g/mol. The fourth-order valence-electron chi connectivity index (χ4n) is 0.758. The molecule has 0 aliphatic heterocycles. The Labute approximate surface area is 99.7 Å². The van der Waals surface area contributed by atoms with Crippen molar-refractivity contribution in [2.75, 3.05) is 4.72 Å². The van der Waals surface area contributed by atoms with Crippen LogP contribution in [0.3, 0.4) is 0 Å². The Morgan fingerprint density at radius 1 is 1.29 bits per heavy atom. The van der Waals surface area contributed by atoms with Crippen LogP contribution in [-0.2, 0) is 10.2 Å². The molecule has 3 N–H and O–H groups in total. The summed E-state index contributed by atoms with van der Waals surface area (Å²) in [6.07, 6.45) is 0. The Morgan fingerprint density at radius 2 is 1.86 bits per heavy atom. The lowest BCUT2D eigenvalue weighted by Gasteiger charge is -2.07. The highest BCUT2D eigenvalue weighted by atomic mass is 79.9. The highest BCUT2D eigenvalue weighted by Crippen LogP contribution is 2.35. The van der Waals surface area contributed by atoms with Crippen molar-refractivity contribution < 1.29 is 8.42 Å². The molecule has 0 amide bonds. The Balaban J connectivity index is 3.19. The van der Waals surface area contributed by atoms with Crippen LogP contribution in [0.4, 0.5) is 5.69 Å². The Kier molecular flexibility index (Phi) is 3.65. The number of hydrogen-bond acceptors (Lipinski definition) is 2. The first kappa shape index (κ1) is 12.1. The quantitative estimate of drug-likeness (QED) is 0.821. The summed E-state index contributed by atoms with van der Waals surface area (Å²) in [5.41, 5.74) is 0.141. The van der Waals surface area contributed by atoms with Crippen molar-refractivity contribution in [1.82, 2.24) is 0 Å². The average Bonchev–Trinajstić information content (AvgIpc) is 2.04. The molecule has 1 aromatic rings. The third-order valence-corrected chi connectivity index (χ3v) is 3.56. The van der Waals surface area contributed by atoms with Crippen molar-refractivity contribution in [3.8, 4) is 0 Å². The van der Waals surface area contributed by atoms with Crippen LogP contribution in [0.25, 0.3) is 0 Å². The van der Waals surface area contributed by atoms with E-state index in [-0.39, 0.29) is 15.7 Å². The minimum Gasteiger partial charge on any atom is -0.270 e. The molecule has 0 radical (unpaired) electrons. The fourth-order valence-corrected chi connectivity index (χ4v) is 2.11. The molecule has 0 saturated carbocycles. The van der Waals surface area contributed by atoms with Gasteiger partial charge in [0.1, 0.15) is 0 Å². The smallest absolute Gasteiger partial charge is 0.270 e. The molecule has 4 nitrogen and oxygen atoms in total. The summed E-state index contributed by atoms with van der Waals surface area (Å²) in [5, 5.41) is 5.09. The summed E-state index contributed by atoms with van der Waals surface area (Å²) in [4.78, 5) is 0. The molecular weight excluding hydrogens is 315 g/mol. The maximum absolute atomic E-state index is 10.7. The van der Waals surface area contributed by atoms with Crippen molar-refractivity contribution in [3.05, 3.63) is 26.7 Å². The van der Waals surface area contributed by atoms with Gasteiger partial charge in [0.25, 0.3) is 10.2 Å². The summed E-state index contributed by atoms with van der Waals surface area (Å²) in [6, 6.07) is 3.00. The van der Waals surface area contributed by atoms with Crippen molar-refractivity contribution in [2.45, 2.75) is 0 Å². The Hall–Kier alpha value is -0.0100. The second kappa shape index (κ2) is 4.24. The van der Waals surface area contributed by atoms with E-state index in [0.29, 0.717) is 4.47 Å². The molecule has 1 rings (SSSR count). The molecule has 0 aliphatic rings. The number of benzene rings is 1. The van der Waals surface area contributed by atoms with Gasteiger partial charge in [0.15, 0.2) is 0 Å². The van der Waals surface area contributed by atoms with Crippen molar-refractivity contribution in [1.29, 1.82) is 0 Å². The molecule has 0 fully saturated rings. The van der Waals surface area contributed by atoms with Gasteiger partial charge in [-0.15, -0.1) is 0 Å². The monoisotopic (exact) mass is 318 g/mol. The van der Waals surface area contributed by atoms with E-state index in [1.807, 2.05) is 4.72 Å². The molecule has 0 saturated heterocycles. The molecule has 8 heteroatoms. The lowest BCUT2D eigenvalue weighted by molar-refractivity contribution is 0.603. The van der Waals surface area contributed by atoms with Gasteiger partial charge in [-0.25, -0.2) is 5.14 Å². The first-order chi connectivity index (χ1) is 6.31. The molecule has 0 aliphatic carbocycles. The third kappa shape index (κ3) is 2.99. The van der Waals surface area contributed by atoms with Crippen LogP contribution in [0.2, 0.25) is 10.0 Å². The zero-order valence-electron chi connectivity index (χ0n) is 6.59. The minimum atomic E-state index is -3.84. The lowest BCUT2D eigenvalue weighted by atomic mass is 10.3. The van der Waals surface area contributed by atoms with Gasteiger partial charge in [0, 0.05) is 4.47 Å². The largest absolute Gasteiger partial charge is 0.296 e. The molecule has 0 unspecified atom stereocenters. The summed E-state index contributed by atoms with van der Waals surface area (Å²) in [7, 11) is -3.84. The summed E-state index contributed by atoms with van der Waals surface area (Å²) in [5.74, 6) is 0. The van der Waals surface area contributed by atoms with Gasteiger partial charge >= 0.3 is 0 Å². The zero-order valence-corrected chi connectivity index (χ0v) is 10.5. The highest BCUT2D eigenvalue weighted by molar-refractivity contribution is 9.10. The van der Waals surface area contributed by atoms with E-state index in [9.17, 15) is 8.42 Å². The summed E-state index contributed by atoms with van der Waals surface area (Å²) in [6.45, 7) is 0. The van der Waals surface area contributed by atoms with Gasteiger partial charge in [-0.2, -0.15) is 8.42 Å². The number of rotatable bonds is 2. The maximum atomic E-state index is 10.7. The van der Waals surface area contributed by atoms with Gasteiger partial charge in [-0.3, -0.25) is 4.72 Å². The van der Waals surface area contributed by atoms with E-state index < -0.39 is 10.2 Å². The van der Waals surface area contributed by atoms with Crippen LogP contribution in [0.1, 0.15) is 0 Å². The Morgan fingerprint density at radius 3 is 2.36 bits per heavy atom. The first-order valence-electron chi connectivity index (χ1n) is 3.25. The SMILES string of the molecule is NS(=O)(=O)Nc1ccc(Br)c(Cl)c1Cl. The molecule has 0 heterocycles. The van der Waals surface area contributed by atoms with E-state index >= 15 is 0 Å². The van der Waals surface area contributed by atoms with Crippen LogP contribution >= 0.6 is 39.1 Å². The van der Waals surface area contributed by atoms with E-state index in [0.717, 1.165) is 0 Å².